The molecule has 19 heavy (non-hydrogen) atoms. The predicted octanol–water partition coefficient (Wildman–Crippen LogP) is 4.82. The molecule has 0 fully saturated rings. The Bertz CT molecular complexity index is 816. The Balaban J connectivity index is 2.15. The number of aryl methyl sites for hydroxylation is 1. The largest absolute Gasteiger partial charge is 0.331 e. The van der Waals surface area contributed by atoms with E-state index in [2.05, 4.69) is 9.97 Å². The van der Waals surface area contributed by atoms with Crippen molar-refractivity contribution in [1.82, 2.24) is 14.5 Å². The molecule has 0 amide bonds. The fraction of sp³-hybridized carbons (Fsp3) is 0.167. The van der Waals surface area contributed by atoms with Gasteiger partial charge in [-0.05, 0) is 31.3 Å². The average Bonchev–Trinajstić information content (AvgIpc) is 2.87. The van der Waals surface area contributed by atoms with E-state index in [4.69, 9.17) is 35.4 Å². The average molecular weight is 330 g/mol. The lowest BCUT2D eigenvalue weighted by Gasteiger charge is -2.02. The minimum absolute atomic E-state index is 0.516. The normalized spacial score (nSPS) is 11.3. The summed E-state index contributed by atoms with van der Waals surface area (Å²) in [4.78, 5) is 7.59. The number of nitrogens with zero attached hydrogens (tertiary/aromatic N) is 2. The minimum Gasteiger partial charge on any atom is -0.331 e. The predicted molar refractivity (Wildman–Crippen MR) is 83.1 cm³/mol. The van der Waals surface area contributed by atoms with Crippen LogP contribution in [0.5, 0.6) is 0 Å². The van der Waals surface area contributed by atoms with Gasteiger partial charge < -0.3 is 9.55 Å². The van der Waals surface area contributed by atoms with Crippen LogP contribution in [0.25, 0.3) is 11.0 Å². The first-order valence-electron chi connectivity index (χ1n) is 5.53. The lowest BCUT2D eigenvalue weighted by atomic mass is 10.3. The first kappa shape index (κ1) is 13.1. The van der Waals surface area contributed by atoms with Gasteiger partial charge in [-0.25, -0.2) is 4.98 Å². The Morgan fingerprint density at radius 3 is 2.79 bits per heavy atom. The van der Waals surface area contributed by atoms with Crippen molar-refractivity contribution in [2.24, 2.45) is 0 Å². The molecule has 2 heterocycles. The quantitative estimate of drug-likeness (QED) is 0.684. The maximum Gasteiger partial charge on any atom is 0.178 e. The van der Waals surface area contributed by atoms with Crippen LogP contribution in [0.4, 0.5) is 0 Å². The molecule has 3 aromatic rings. The zero-order valence-electron chi connectivity index (χ0n) is 9.91. The molecule has 0 aliphatic heterocycles. The van der Waals surface area contributed by atoms with Crippen LogP contribution in [-0.2, 0) is 6.54 Å². The number of benzene rings is 1. The third-order valence-corrected chi connectivity index (χ3v) is 4.77. The Kier molecular flexibility index (Phi) is 3.39. The van der Waals surface area contributed by atoms with Crippen LogP contribution >= 0.6 is 46.8 Å². The lowest BCUT2D eigenvalue weighted by molar-refractivity contribution is 0.800. The number of nitrogens with one attached hydrogen (secondary N) is 1. The van der Waals surface area contributed by atoms with Crippen LogP contribution in [0.3, 0.4) is 0 Å². The monoisotopic (exact) mass is 329 g/mol. The second-order valence-corrected chi connectivity index (χ2v) is 6.33. The van der Waals surface area contributed by atoms with Gasteiger partial charge in [0, 0.05) is 11.1 Å². The highest BCUT2D eigenvalue weighted by molar-refractivity contribution is 7.71. The first-order valence-corrected chi connectivity index (χ1v) is 7.57. The summed E-state index contributed by atoms with van der Waals surface area (Å²) in [5, 5.41) is 4.08. The smallest absolute Gasteiger partial charge is 0.178 e. The zero-order valence-corrected chi connectivity index (χ0v) is 13.1. The minimum atomic E-state index is 0.516. The number of hydrogen-bond acceptors (Lipinski definition) is 3. The molecular formula is C12H9Cl2N3S2. The van der Waals surface area contributed by atoms with Crippen LogP contribution in [0.2, 0.25) is 10.0 Å². The summed E-state index contributed by atoms with van der Waals surface area (Å²) in [7, 11) is 0. The number of halogens is 2. The SMILES string of the molecule is Cc1csc(Cn2c(=S)[nH]c3cc(Cl)c(Cl)cc32)n1. The van der Waals surface area contributed by atoms with Gasteiger partial charge in [-0.1, -0.05) is 23.2 Å². The van der Waals surface area contributed by atoms with Crippen molar-refractivity contribution in [3.8, 4) is 0 Å². The van der Waals surface area contributed by atoms with Gasteiger partial charge in [0.15, 0.2) is 4.77 Å². The van der Waals surface area contributed by atoms with Crippen LogP contribution in [-0.4, -0.2) is 14.5 Å². The lowest BCUT2D eigenvalue weighted by Crippen LogP contribution is -1.99. The highest BCUT2D eigenvalue weighted by Crippen LogP contribution is 2.28. The van der Waals surface area contributed by atoms with Gasteiger partial charge in [0.25, 0.3) is 0 Å². The Morgan fingerprint density at radius 2 is 2.11 bits per heavy atom. The van der Waals surface area contributed by atoms with E-state index in [9.17, 15) is 0 Å². The van der Waals surface area contributed by atoms with E-state index in [0.717, 1.165) is 21.7 Å². The molecule has 0 bridgehead atoms. The Hall–Kier alpha value is -0.880. The van der Waals surface area contributed by atoms with Crippen LogP contribution in [0, 0.1) is 11.7 Å². The van der Waals surface area contributed by atoms with Crippen LogP contribution in [0.1, 0.15) is 10.7 Å². The van der Waals surface area contributed by atoms with E-state index in [0.29, 0.717) is 21.4 Å². The molecule has 0 saturated carbocycles. The van der Waals surface area contributed by atoms with Crippen molar-refractivity contribution in [3.05, 3.63) is 43.0 Å². The van der Waals surface area contributed by atoms with Gasteiger partial charge in [0.2, 0.25) is 0 Å². The second-order valence-electron chi connectivity index (χ2n) is 4.18. The zero-order chi connectivity index (χ0) is 13.6. The second kappa shape index (κ2) is 4.90. The molecule has 7 heteroatoms. The summed E-state index contributed by atoms with van der Waals surface area (Å²) >= 11 is 19.0. The van der Waals surface area contributed by atoms with Gasteiger partial charge >= 0.3 is 0 Å². The van der Waals surface area contributed by atoms with E-state index in [1.54, 1.807) is 17.4 Å². The number of aromatic nitrogens is 3. The molecule has 3 nitrogen and oxygen atoms in total. The highest BCUT2D eigenvalue weighted by atomic mass is 35.5. The first-order chi connectivity index (χ1) is 9.04. The van der Waals surface area contributed by atoms with Crippen molar-refractivity contribution >= 4 is 57.8 Å². The van der Waals surface area contributed by atoms with Crippen molar-refractivity contribution < 1.29 is 0 Å². The molecule has 0 aliphatic carbocycles. The molecule has 0 aliphatic rings. The summed E-state index contributed by atoms with van der Waals surface area (Å²) in [5.41, 5.74) is 2.84. The molecule has 0 unspecified atom stereocenters. The Labute approximate surface area is 128 Å². The molecule has 98 valence electrons. The number of hydrogen-bond donors (Lipinski definition) is 1. The number of H-pyrrole nitrogens is 1. The maximum absolute atomic E-state index is 6.07. The number of rotatable bonds is 2. The summed E-state index contributed by atoms with van der Waals surface area (Å²) in [5.74, 6) is 0. The fourth-order valence-electron chi connectivity index (χ4n) is 1.92. The van der Waals surface area contributed by atoms with Crippen molar-refractivity contribution in [2.75, 3.05) is 0 Å². The third-order valence-electron chi connectivity index (χ3n) is 2.78. The fourth-order valence-corrected chi connectivity index (χ4v) is 3.27. The van der Waals surface area contributed by atoms with E-state index in [-0.39, 0.29) is 0 Å². The van der Waals surface area contributed by atoms with Crippen molar-refractivity contribution in [1.29, 1.82) is 0 Å². The topological polar surface area (TPSA) is 33.6 Å². The molecule has 1 N–H and O–H groups in total. The van der Waals surface area contributed by atoms with Crippen LogP contribution in [0.15, 0.2) is 17.5 Å². The van der Waals surface area contributed by atoms with Crippen LogP contribution < -0.4 is 0 Å². The highest BCUT2D eigenvalue weighted by Gasteiger charge is 2.10. The number of imidazole rings is 1. The molecule has 0 atom stereocenters. The van der Waals surface area contributed by atoms with E-state index in [1.165, 1.54) is 0 Å². The molecule has 0 saturated heterocycles. The summed E-state index contributed by atoms with van der Waals surface area (Å²) in [6, 6.07) is 3.62. The van der Waals surface area contributed by atoms with Gasteiger partial charge in [-0.15, -0.1) is 11.3 Å². The summed E-state index contributed by atoms with van der Waals surface area (Å²) < 4.78 is 2.62. The molecule has 2 aromatic heterocycles. The van der Waals surface area contributed by atoms with Gasteiger partial charge in [0.05, 0.1) is 27.6 Å². The van der Waals surface area contributed by atoms with Crippen molar-refractivity contribution in [3.63, 3.8) is 0 Å². The standard InChI is InChI=1S/C12H9Cl2N3S2/c1-6-5-19-11(15-6)4-17-10-3-8(14)7(13)2-9(10)16-12(17)18/h2-3,5H,4H2,1H3,(H,16,18). The van der Waals surface area contributed by atoms with E-state index < -0.39 is 0 Å². The molecule has 0 spiro atoms. The molecule has 0 radical (unpaired) electrons. The summed E-state index contributed by atoms with van der Waals surface area (Å²) in [6.45, 7) is 2.61. The van der Waals surface area contributed by atoms with E-state index in [1.807, 2.05) is 22.9 Å². The third kappa shape index (κ3) is 2.43. The molecule has 1 aromatic carbocycles. The Morgan fingerprint density at radius 1 is 1.37 bits per heavy atom. The summed E-state index contributed by atoms with van der Waals surface area (Å²) in [6.07, 6.45) is 0. The molecule has 3 rings (SSSR count). The van der Waals surface area contributed by atoms with Gasteiger partial charge in [-0.2, -0.15) is 0 Å². The number of fused-ring (bicyclic) bond motifs is 1. The van der Waals surface area contributed by atoms with Gasteiger partial charge in [-0.3, -0.25) is 0 Å². The van der Waals surface area contributed by atoms with Gasteiger partial charge in [0.1, 0.15) is 5.01 Å². The number of thiazole rings is 1. The molecular weight excluding hydrogens is 321 g/mol. The van der Waals surface area contributed by atoms with Crippen molar-refractivity contribution in [2.45, 2.75) is 13.5 Å². The maximum atomic E-state index is 6.07. The van der Waals surface area contributed by atoms with E-state index >= 15 is 0 Å². The number of aromatic amines is 1.